The van der Waals surface area contributed by atoms with Gasteiger partial charge in [0.2, 0.25) is 0 Å². The van der Waals surface area contributed by atoms with E-state index in [1.807, 2.05) is 0 Å². The lowest BCUT2D eigenvalue weighted by molar-refractivity contribution is -0.143. The molecule has 7 atom stereocenters. The Morgan fingerprint density at radius 1 is 1.14 bits per heavy atom. The molecular weight excluding hydrogens is 256 g/mol. The van der Waals surface area contributed by atoms with E-state index in [9.17, 15) is 4.79 Å². The average molecular weight is 286 g/mol. The number of rotatable bonds is 0. The molecule has 1 nitrogen and oxygen atoms in total. The van der Waals surface area contributed by atoms with Crippen molar-refractivity contribution >= 4 is 5.78 Å². The van der Waals surface area contributed by atoms with Crippen LogP contribution in [-0.2, 0) is 4.79 Å². The zero-order valence-electron chi connectivity index (χ0n) is 13.9. The topological polar surface area (TPSA) is 17.1 Å². The lowest BCUT2D eigenvalue weighted by atomic mass is 9.44. The highest BCUT2D eigenvalue weighted by Crippen LogP contribution is 2.65. The number of Topliss-reactive ketones (excluding diaryl/α,β-unsaturated/α-hetero) is 1. The Labute approximate surface area is 129 Å². The van der Waals surface area contributed by atoms with Gasteiger partial charge in [0.15, 0.2) is 0 Å². The molecular formula is C20H30O. The first-order valence-electron chi connectivity index (χ1n) is 9.14. The first-order valence-corrected chi connectivity index (χ1v) is 9.14. The van der Waals surface area contributed by atoms with Gasteiger partial charge >= 0.3 is 0 Å². The molecule has 5 unspecified atom stereocenters. The van der Waals surface area contributed by atoms with Crippen molar-refractivity contribution in [2.45, 2.75) is 65.7 Å². The number of ketones is 1. The van der Waals surface area contributed by atoms with Gasteiger partial charge in [-0.15, -0.1) is 0 Å². The Balaban J connectivity index is 1.65. The van der Waals surface area contributed by atoms with E-state index in [1.54, 1.807) is 0 Å². The first-order chi connectivity index (χ1) is 9.94. The minimum atomic E-state index is 0.306. The van der Waals surface area contributed by atoms with Crippen molar-refractivity contribution in [3.05, 3.63) is 12.2 Å². The molecule has 0 spiro atoms. The summed E-state index contributed by atoms with van der Waals surface area (Å²) in [5, 5.41) is 0. The Hall–Kier alpha value is -0.590. The summed E-state index contributed by atoms with van der Waals surface area (Å²) in [5.74, 6) is 4.22. The van der Waals surface area contributed by atoms with Gasteiger partial charge in [-0.3, -0.25) is 4.79 Å². The molecule has 0 aromatic rings. The SMILES string of the molecule is C[C@@H]1CC2(C)C3CCC4(C)C=CCC4C3CC[C@H]2CC1=O. The summed E-state index contributed by atoms with van der Waals surface area (Å²) in [5.41, 5.74) is 0.931. The quantitative estimate of drug-likeness (QED) is 0.572. The molecule has 0 bridgehead atoms. The van der Waals surface area contributed by atoms with Gasteiger partial charge in [-0.05, 0) is 73.0 Å². The van der Waals surface area contributed by atoms with Crippen molar-refractivity contribution in [3.63, 3.8) is 0 Å². The fourth-order valence-electron chi connectivity index (χ4n) is 6.89. The molecule has 4 rings (SSSR count). The van der Waals surface area contributed by atoms with E-state index in [0.29, 0.717) is 28.4 Å². The van der Waals surface area contributed by atoms with Crippen LogP contribution in [0.15, 0.2) is 12.2 Å². The molecule has 1 heteroatoms. The van der Waals surface area contributed by atoms with Crippen molar-refractivity contribution in [1.82, 2.24) is 0 Å². The largest absolute Gasteiger partial charge is 0.299 e. The summed E-state index contributed by atoms with van der Waals surface area (Å²) in [4.78, 5) is 12.2. The van der Waals surface area contributed by atoms with Crippen molar-refractivity contribution < 1.29 is 4.79 Å². The summed E-state index contributed by atoms with van der Waals surface area (Å²) in [6, 6.07) is 0. The van der Waals surface area contributed by atoms with Crippen LogP contribution in [0.3, 0.4) is 0 Å². The maximum Gasteiger partial charge on any atom is 0.136 e. The molecule has 0 N–H and O–H groups in total. The average Bonchev–Trinajstić information content (AvgIpc) is 2.82. The maximum atomic E-state index is 12.2. The summed E-state index contributed by atoms with van der Waals surface area (Å²) in [7, 11) is 0. The normalized spacial score (nSPS) is 55.8. The third-order valence-electron chi connectivity index (χ3n) is 8.13. The zero-order chi connectivity index (χ0) is 14.8. The second-order valence-electron chi connectivity index (χ2n) is 9.12. The van der Waals surface area contributed by atoms with E-state index < -0.39 is 0 Å². The van der Waals surface area contributed by atoms with E-state index in [0.717, 1.165) is 30.6 Å². The highest BCUT2D eigenvalue weighted by molar-refractivity contribution is 5.82. The fraction of sp³-hybridized carbons (Fsp3) is 0.850. The van der Waals surface area contributed by atoms with Crippen LogP contribution in [0.4, 0.5) is 0 Å². The van der Waals surface area contributed by atoms with Crippen LogP contribution in [0.25, 0.3) is 0 Å². The third kappa shape index (κ3) is 1.85. The highest BCUT2D eigenvalue weighted by atomic mass is 16.1. The molecule has 4 aliphatic carbocycles. The summed E-state index contributed by atoms with van der Waals surface area (Å²) >= 11 is 0. The molecule has 0 aliphatic heterocycles. The number of allylic oxidation sites excluding steroid dienone is 2. The second kappa shape index (κ2) is 4.46. The summed E-state index contributed by atoms with van der Waals surface area (Å²) in [6.45, 7) is 7.22. The second-order valence-corrected chi connectivity index (χ2v) is 9.12. The van der Waals surface area contributed by atoms with E-state index in [1.165, 1.54) is 32.1 Å². The van der Waals surface area contributed by atoms with Gasteiger partial charge in [0.25, 0.3) is 0 Å². The zero-order valence-corrected chi connectivity index (χ0v) is 13.9. The van der Waals surface area contributed by atoms with Crippen molar-refractivity contribution in [3.8, 4) is 0 Å². The van der Waals surface area contributed by atoms with Gasteiger partial charge in [-0.2, -0.15) is 0 Å². The number of carbonyl (C=O) groups excluding carboxylic acids is 1. The number of carbonyl (C=O) groups is 1. The number of hydrogen-bond acceptors (Lipinski definition) is 1. The predicted octanol–water partition coefficient (Wildman–Crippen LogP) is 5.01. The minimum absolute atomic E-state index is 0.306. The van der Waals surface area contributed by atoms with Gasteiger partial charge in [0.1, 0.15) is 5.78 Å². The molecule has 3 saturated carbocycles. The lowest BCUT2D eigenvalue weighted by Gasteiger charge is -2.60. The summed E-state index contributed by atoms with van der Waals surface area (Å²) in [6.07, 6.45) is 13.8. The lowest BCUT2D eigenvalue weighted by Crippen LogP contribution is -2.54. The van der Waals surface area contributed by atoms with Crippen LogP contribution < -0.4 is 0 Å². The van der Waals surface area contributed by atoms with Crippen LogP contribution in [0.1, 0.15) is 65.7 Å². The molecule has 0 saturated heterocycles. The highest BCUT2D eigenvalue weighted by Gasteiger charge is 2.57. The number of hydrogen-bond donors (Lipinski definition) is 0. The van der Waals surface area contributed by atoms with E-state index in [4.69, 9.17) is 0 Å². The fourth-order valence-corrected chi connectivity index (χ4v) is 6.89. The van der Waals surface area contributed by atoms with Crippen LogP contribution in [0, 0.1) is 40.4 Å². The Bertz CT molecular complexity index is 492. The van der Waals surface area contributed by atoms with Gasteiger partial charge in [-0.25, -0.2) is 0 Å². The summed E-state index contributed by atoms with van der Waals surface area (Å²) < 4.78 is 0. The van der Waals surface area contributed by atoms with Gasteiger partial charge in [-0.1, -0.05) is 32.9 Å². The van der Waals surface area contributed by atoms with Crippen molar-refractivity contribution in [2.75, 3.05) is 0 Å². The minimum Gasteiger partial charge on any atom is -0.299 e. The van der Waals surface area contributed by atoms with Crippen LogP contribution in [-0.4, -0.2) is 5.78 Å². The van der Waals surface area contributed by atoms with Crippen molar-refractivity contribution in [1.29, 1.82) is 0 Å². The van der Waals surface area contributed by atoms with Crippen molar-refractivity contribution in [2.24, 2.45) is 40.4 Å². The first kappa shape index (κ1) is 14.0. The van der Waals surface area contributed by atoms with Gasteiger partial charge in [0.05, 0.1) is 0 Å². The molecule has 0 radical (unpaired) electrons. The van der Waals surface area contributed by atoms with Crippen LogP contribution in [0.2, 0.25) is 0 Å². The molecule has 0 aromatic carbocycles. The molecule has 21 heavy (non-hydrogen) atoms. The predicted molar refractivity (Wildman–Crippen MR) is 85.8 cm³/mol. The number of fused-ring (bicyclic) bond motifs is 5. The molecule has 0 amide bonds. The molecule has 3 fully saturated rings. The standard InChI is InChI=1S/C20H30O/c1-13-12-20(3)14(11-18(13)21)6-7-15-16-5-4-9-19(16,2)10-8-17(15)20/h4,9,13-17H,5-8,10-12H2,1-3H3/t13-,14+,15?,16?,17?,19?,20?/m1/s1. The third-order valence-corrected chi connectivity index (χ3v) is 8.13. The smallest absolute Gasteiger partial charge is 0.136 e. The monoisotopic (exact) mass is 286 g/mol. The van der Waals surface area contributed by atoms with Gasteiger partial charge < -0.3 is 0 Å². The molecule has 0 heterocycles. The Kier molecular flexibility index (Phi) is 2.98. The Morgan fingerprint density at radius 3 is 2.76 bits per heavy atom. The molecule has 4 aliphatic rings. The van der Waals surface area contributed by atoms with Crippen LogP contribution >= 0.6 is 0 Å². The van der Waals surface area contributed by atoms with E-state index in [2.05, 4.69) is 32.9 Å². The Morgan fingerprint density at radius 2 is 1.95 bits per heavy atom. The molecule has 116 valence electrons. The maximum absolute atomic E-state index is 12.2. The van der Waals surface area contributed by atoms with Gasteiger partial charge in [0, 0.05) is 12.3 Å². The van der Waals surface area contributed by atoms with E-state index in [-0.39, 0.29) is 0 Å². The van der Waals surface area contributed by atoms with E-state index >= 15 is 0 Å². The molecule has 0 aromatic heterocycles. The van der Waals surface area contributed by atoms with Crippen LogP contribution in [0.5, 0.6) is 0 Å².